The summed E-state index contributed by atoms with van der Waals surface area (Å²) in [6.45, 7) is 9.07. The highest BCUT2D eigenvalue weighted by Gasteiger charge is 2.15. The maximum Gasteiger partial charge on any atom is 0.105 e. The van der Waals surface area contributed by atoms with Gasteiger partial charge in [0.1, 0.15) is 11.5 Å². The zero-order valence-electron chi connectivity index (χ0n) is 11.0. The number of hydrogen-bond donors (Lipinski definition) is 1. The summed E-state index contributed by atoms with van der Waals surface area (Å²) in [5.41, 5.74) is 1.24. The Bertz CT molecular complexity index is 320. The van der Waals surface area contributed by atoms with Crippen LogP contribution < -0.4 is 5.32 Å². The molecule has 1 aromatic heterocycles. The second-order valence-corrected chi connectivity index (χ2v) is 4.32. The van der Waals surface area contributed by atoms with Gasteiger partial charge in [-0.3, -0.25) is 0 Å². The molecular weight excluding hydrogens is 202 g/mol. The van der Waals surface area contributed by atoms with Crippen LogP contribution in [-0.4, -0.2) is 19.8 Å². The van der Waals surface area contributed by atoms with Crippen LogP contribution in [0.4, 0.5) is 0 Å². The highest BCUT2D eigenvalue weighted by atomic mass is 16.5. The van der Waals surface area contributed by atoms with E-state index < -0.39 is 0 Å². The maximum atomic E-state index is 5.54. The molecule has 0 radical (unpaired) electrons. The third kappa shape index (κ3) is 3.35. The van der Waals surface area contributed by atoms with Crippen LogP contribution in [0.3, 0.4) is 0 Å². The summed E-state index contributed by atoms with van der Waals surface area (Å²) < 4.78 is 10.7. The smallest absolute Gasteiger partial charge is 0.105 e. The van der Waals surface area contributed by atoms with Gasteiger partial charge in [0.05, 0.1) is 6.61 Å². The first-order valence-corrected chi connectivity index (χ1v) is 5.90. The molecule has 0 amide bonds. The van der Waals surface area contributed by atoms with Gasteiger partial charge in [-0.15, -0.1) is 0 Å². The van der Waals surface area contributed by atoms with Gasteiger partial charge in [-0.2, -0.15) is 0 Å². The fraction of sp³-hybridized carbons (Fsp3) is 0.692. The molecule has 0 bridgehead atoms. The van der Waals surface area contributed by atoms with E-state index >= 15 is 0 Å². The van der Waals surface area contributed by atoms with E-state index in [2.05, 4.69) is 25.2 Å². The first-order chi connectivity index (χ1) is 7.58. The standard InChI is InChI=1S/C13H23NO2/c1-6-12(8-15-5)14-10(3)13-7-9(2)16-11(13)4/h7,10,12,14H,6,8H2,1-5H3. The predicted molar refractivity (Wildman–Crippen MR) is 65.7 cm³/mol. The summed E-state index contributed by atoms with van der Waals surface area (Å²) >= 11 is 0. The van der Waals surface area contributed by atoms with Gasteiger partial charge in [0.15, 0.2) is 0 Å². The van der Waals surface area contributed by atoms with Crippen molar-refractivity contribution in [2.45, 2.75) is 46.2 Å². The van der Waals surface area contributed by atoms with Crippen molar-refractivity contribution in [2.24, 2.45) is 0 Å². The summed E-state index contributed by atoms with van der Waals surface area (Å²) in [6, 6.07) is 2.80. The van der Waals surface area contributed by atoms with E-state index in [0.29, 0.717) is 12.1 Å². The summed E-state index contributed by atoms with van der Waals surface area (Å²) in [7, 11) is 1.74. The molecule has 0 spiro atoms. The van der Waals surface area contributed by atoms with Gasteiger partial charge < -0.3 is 14.5 Å². The van der Waals surface area contributed by atoms with E-state index in [4.69, 9.17) is 9.15 Å². The van der Waals surface area contributed by atoms with E-state index in [9.17, 15) is 0 Å². The SMILES string of the molecule is CCC(COC)NC(C)c1cc(C)oc1C. The van der Waals surface area contributed by atoms with Crippen molar-refractivity contribution < 1.29 is 9.15 Å². The summed E-state index contributed by atoms with van der Waals surface area (Å²) in [4.78, 5) is 0. The summed E-state index contributed by atoms with van der Waals surface area (Å²) in [6.07, 6.45) is 1.06. The first kappa shape index (κ1) is 13.3. The number of nitrogens with one attached hydrogen (secondary N) is 1. The van der Waals surface area contributed by atoms with Gasteiger partial charge in [0, 0.05) is 24.8 Å². The van der Waals surface area contributed by atoms with Crippen molar-refractivity contribution >= 4 is 0 Å². The minimum atomic E-state index is 0.303. The van der Waals surface area contributed by atoms with Gasteiger partial charge in [-0.25, -0.2) is 0 Å². The number of methoxy groups -OCH3 is 1. The van der Waals surface area contributed by atoms with E-state index in [1.807, 2.05) is 13.8 Å². The molecule has 1 heterocycles. The van der Waals surface area contributed by atoms with Gasteiger partial charge in [-0.1, -0.05) is 6.92 Å². The fourth-order valence-corrected chi connectivity index (χ4v) is 2.01. The molecule has 1 aromatic rings. The topological polar surface area (TPSA) is 34.4 Å². The number of hydrogen-bond acceptors (Lipinski definition) is 3. The molecule has 1 rings (SSSR count). The van der Waals surface area contributed by atoms with Crippen LogP contribution in [0.5, 0.6) is 0 Å². The molecular formula is C13H23NO2. The largest absolute Gasteiger partial charge is 0.466 e. The zero-order chi connectivity index (χ0) is 12.1. The molecule has 0 saturated heterocycles. The Balaban J connectivity index is 2.63. The zero-order valence-corrected chi connectivity index (χ0v) is 11.0. The molecule has 2 atom stereocenters. The highest BCUT2D eigenvalue weighted by molar-refractivity contribution is 5.23. The Morgan fingerprint density at radius 3 is 2.56 bits per heavy atom. The Kier molecular flexibility index (Phi) is 5.03. The quantitative estimate of drug-likeness (QED) is 0.808. The minimum Gasteiger partial charge on any atom is -0.466 e. The lowest BCUT2D eigenvalue weighted by Gasteiger charge is -2.21. The van der Waals surface area contributed by atoms with Crippen LogP contribution in [0.15, 0.2) is 10.5 Å². The average molecular weight is 225 g/mol. The fourth-order valence-electron chi connectivity index (χ4n) is 2.01. The monoisotopic (exact) mass is 225 g/mol. The molecule has 0 aromatic carbocycles. The molecule has 0 aliphatic rings. The van der Waals surface area contributed by atoms with Crippen LogP contribution in [0.1, 0.15) is 43.4 Å². The predicted octanol–water partition coefficient (Wildman–Crippen LogP) is 2.97. The molecule has 3 nitrogen and oxygen atoms in total. The van der Waals surface area contributed by atoms with E-state index in [1.165, 1.54) is 5.56 Å². The number of rotatable bonds is 6. The Morgan fingerprint density at radius 1 is 1.44 bits per heavy atom. The van der Waals surface area contributed by atoms with E-state index in [-0.39, 0.29) is 0 Å². The third-order valence-corrected chi connectivity index (χ3v) is 2.89. The third-order valence-electron chi connectivity index (χ3n) is 2.89. The lowest BCUT2D eigenvalue weighted by Crippen LogP contribution is -2.34. The van der Waals surface area contributed by atoms with Crippen LogP contribution in [0.25, 0.3) is 0 Å². The van der Waals surface area contributed by atoms with Crippen LogP contribution in [0.2, 0.25) is 0 Å². The van der Waals surface area contributed by atoms with Crippen LogP contribution in [-0.2, 0) is 4.74 Å². The van der Waals surface area contributed by atoms with Crippen molar-refractivity contribution in [3.63, 3.8) is 0 Å². The molecule has 1 N–H and O–H groups in total. The second-order valence-electron chi connectivity index (χ2n) is 4.32. The second kappa shape index (κ2) is 6.06. The van der Waals surface area contributed by atoms with Crippen molar-refractivity contribution in [3.05, 3.63) is 23.2 Å². The molecule has 0 aliphatic carbocycles. The van der Waals surface area contributed by atoms with Gasteiger partial charge >= 0.3 is 0 Å². The van der Waals surface area contributed by atoms with Crippen LogP contribution in [0, 0.1) is 13.8 Å². The van der Waals surface area contributed by atoms with Crippen molar-refractivity contribution in [1.82, 2.24) is 5.32 Å². The summed E-state index contributed by atoms with van der Waals surface area (Å²) in [5, 5.41) is 3.55. The van der Waals surface area contributed by atoms with Gasteiger partial charge in [0.25, 0.3) is 0 Å². The Morgan fingerprint density at radius 2 is 2.12 bits per heavy atom. The Hall–Kier alpha value is -0.800. The average Bonchev–Trinajstić information content (AvgIpc) is 2.57. The Labute approximate surface area is 98.2 Å². The summed E-state index contributed by atoms with van der Waals surface area (Å²) in [5.74, 6) is 1.98. The molecule has 3 heteroatoms. The van der Waals surface area contributed by atoms with Crippen molar-refractivity contribution in [2.75, 3.05) is 13.7 Å². The maximum absolute atomic E-state index is 5.54. The lowest BCUT2D eigenvalue weighted by atomic mass is 10.1. The number of furan rings is 1. The highest BCUT2D eigenvalue weighted by Crippen LogP contribution is 2.21. The van der Waals surface area contributed by atoms with E-state index in [0.717, 1.165) is 24.5 Å². The lowest BCUT2D eigenvalue weighted by molar-refractivity contribution is 0.159. The molecule has 0 aliphatic heterocycles. The number of ether oxygens (including phenoxy) is 1. The number of aryl methyl sites for hydroxylation is 2. The molecule has 92 valence electrons. The van der Waals surface area contributed by atoms with Crippen LogP contribution >= 0.6 is 0 Å². The normalized spacial score (nSPS) is 15.1. The molecule has 0 saturated carbocycles. The first-order valence-electron chi connectivity index (χ1n) is 5.90. The molecule has 16 heavy (non-hydrogen) atoms. The van der Waals surface area contributed by atoms with Crippen molar-refractivity contribution in [3.8, 4) is 0 Å². The molecule has 0 fully saturated rings. The van der Waals surface area contributed by atoms with E-state index in [1.54, 1.807) is 7.11 Å². The van der Waals surface area contributed by atoms with Gasteiger partial charge in [-0.05, 0) is 33.3 Å². The van der Waals surface area contributed by atoms with Crippen molar-refractivity contribution in [1.29, 1.82) is 0 Å². The molecule has 2 unspecified atom stereocenters. The van der Waals surface area contributed by atoms with Gasteiger partial charge in [0.2, 0.25) is 0 Å². The minimum absolute atomic E-state index is 0.303.